The third kappa shape index (κ3) is 4.63. The summed E-state index contributed by atoms with van der Waals surface area (Å²) in [5.41, 5.74) is 3.22. The predicted octanol–water partition coefficient (Wildman–Crippen LogP) is 2.17. The van der Waals surface area contributed by atoms with Crippen molar-refractivity contribution < 1.29 is 17.6 Å². The molecular weight excluding hydrogens is 485 g/mol. The van der Waals surface area contributed by atoms with Crippen LogP contribution < -0.4 is 4.90 Å². The molecule has 3 aromatic heterocycles. The van der Waals surface area contributed by atoms with Gasteiger partial charge in [-0.25, -0.2) is 32.7 Å². The van der Waals surface area contributed by atoms with Gasteiger partial charge in [0.15, 0.2) is 5.65 Å². The summed E-state index contributed by atoms with van der Waals surface area (Å²) in [6, 6.07) is 8.00. The molecule has 0 radical (unpaired) electrons. The SMILES string of the molecule is CC1CN(c2ccc(F)cc2-c2cnc(S(C)(=O)=O)nc2)CCN1C(=O)Cn1cnc2cccnc21. The van der Waals surface area contributed by atoms with Gasteiger partial charge in [-0.2, -0.15) is 0 Å². The van der Waals surface area contributed by atoms with Gasteiger partial charge in [0, 0.05) is 67.3 Å². The quantitative estimate of drug-likeness (QED) is 0.376. The zero-order valence-electron chi connectivity index (χ0n) is 19.7. The summed E-state index contributed by atoms with van der Waals surface area (Å²) in [6.45, 7) is 3.68. The summed E-state index contributed by atoms with van der Waals surface area (Å²) in [7, 11) is -3.55. The van der Waals surface area contributed by atoms with Crippen molar-refractivity contribution >= 4 is 32.6 Å². The monoisotopic (exact) mass is 509 g/mol. The molecule has 0 bridgehead atoms. The van der Waals surface area contributed by atoms with Gasteiger partial charge in [0.25, 0.3) is 0 Å². The molecule has 4 heterocycles. The third-order valence-corrected chi connectivity index (χ3v) is 7.07. The molecule has 186 valence electrons. The number of benzene rings is 1. The summed E-state index contributed by atoms with van der Waals surface area (Å²) in [5, 5.41) is -0.286. The van der Waals surface area contributed by atoms with E-state index in [-0.39, 0.29) is 23.7 Å². The highest BCUT2D eigenvalue weighted by atomic mass is 32.2. The summed E-state index contributed by atoms with van der Waals surface area (Å²) in [5.74, 6) is -0.458. The number of nitrogens with zero attached hydrogens (tertiary/aromatic N) is 7. The van der Waals surface area contributed by atoms with Gasteiger partial charge >= 0.3 is 0 Å². The first-order valence-electron chi connectivity index (χ1n) is 11.3. The number of fused-ring (bicyclic) bond motifs is 1. The molecule has 12 heteroatoms. The topological polar surface area (TPSA) is 114 Å². The van der Waals surface area contributed by atoms with Crippen LogP contribution in [0.15, 0.2) is 60.4 Å². The molecule has 1 aromatic carbocycles. The van der Waals surface area contributed by atoms with Gasteiger partial charge in [0.2, 0.25) is 20.9 Å². The summed E-state index contributed by atoms with van der Waals surface area (Å²) < 4.78 is 39.3. The first-order valence-corrected chi connectivity index (χ1v) is 13.2. The molecule has 4 aromatic rings. The first kappa shape index (κ1) is 23.8. The molecule has 1 atom stereocenters. The van der Waals surface area contributed by atoms with Gasteiger partial charge < -0.3 is 14.4 Å². The highest BCUT2D eigenvalue weighted by molar-refractivity contribution is 7.90. The molecule has 10 nitrogen and oxygen atoms in total. The average molecular weight is 510 g/mol. The van der Waals surface area contributed by atoms with E-state index in [1.54, 1.807) is 29.2 Å². The predicted molar refractivity (Wildman–Crippen MR) is 131 cm³/mol. The van der Waals surface area contributed by atoms with Crippen molar-refractivity contribution in [3.05, 3.63) is 61.1 Å². The molecular formula is C24H24FN7O3S. The van der Waals surface area contributed by atoms with Gasteiger partial charge in [-0.1, -0.05) is 0 Å². The van der Waals surface area contributed by atoms with Gasteiger partial charge in [-0.3, -0.25) is 4.79 Å². The molecule has 0 spiro atoms. The number of sulfone groups is 1. The zero-order chi connectivity index (χ0) is 25.4. The molecule has 1 aliphatic rings. The van der Waals surface area contributed by atoms with E-state index in [1.807, 2.05) is 17.9 Å². The first-order chi connectivity index (χ1) is 17.2. The lowest BCUT2D eigenvalue weighted by atomic mass is 10.0. The Kier molecular flexibility index (Phi) is 6.12. The smallest absolute Gasteiger partial charge is 0.246 e. The Morgan fingerprint density at radius 2 is 1.89 bits per heavy atom. The zero-order valence-corrected chi connectivity index (χ0v) is 20.6. The summed E-state index contributed by atoms with van der Waals surface area (Å²) >= 11 is 0. The Morgan fingerprint density at radius 1 is 1.11 bits per heavy atom. The van der Waals surface area contributed by atoms with E-state index in [0.29, 0.717) is 36.4 Å². The van der Waals surface area contributed by atoms with Crippen LogP contribution in [0.1, 0.15) is 6.92 Å². The van der Waals surface area contributed by atoms with Crippen molar-refractivity contribution in [1.29, 1.82) is 0 Å². The van der Waals surface area contributed by atoms with Crippen LogP contribution in [-0.4, -0.2) is 75.7 Å². The van der Waals surface area contributed by atoms with E-state index in [4.69, 9.17) is 0 Å². The average Bonchev–Trinajstić information content (AvgIpc) is 3.26. The largest absolute Gasteiger partial charge is 0.367 e. The van der Waals surface area contributed by atoms with Crippen LogP contribution in [0.3, 0.4) is 0 Å². The number of hydrogen-bond donors (Lipinski definition) is 0. The number of anilines is 1. The van der Waals surface area contributed by atoms with Crippen molar-refractivity contribution in [3.8, 4) is 11.1 Å². The summed E-state index contributed by atoms with van der Waals surface area (Å²) in [4.78, 5) is 33.6. The number of carbonyl (C=O) groups is 1. The third-order valence-electron chi connectivity index (χ3n) is 6.20. The van der Waals surface area contributed by atoms with Crippen LogP contribution in [0.5, 0.6) is 0 Å². The van der Waals surface area contributed by atoms with E-state index >= 15 is 0 Å². The number of carbonyl (C=O) groups excluding carboxylic acids is 1. The Labute approximate surface area is 207 Å². The maximum absolute atomic E-state index is 14.2. The van der Waals surface area contributed by atoms with E-state index in [2.05, 4.69) is 24.8 Å². The second-order valence-electron chi connectivity index (χ2n) is 8.79. The van der Waals surface area contributed by atoms with Crippen molar-refractivity contribution in [2.45, 2.75) is 24.7 Å². The minimum absolute atomic E-state index is 0.0313. The Balaban J connectivity index is 1.34. The normalized spacial score (nSPS) is 16.5. The number of hydrogen-bond acceptors (Lipinski definition) is 8. The van der Waals surface area contributed by atoms with Crippen molar-refractivity contribution in [3.63, 3.8) is 0 Å². The molecule has 0 aliphatic carbocycles. The fourth-order valence-corrected chi connectivity index (χ4v) is 4.95. The van der Waals surface area contributed by atoms with E-state index in [1.165, 1.54) is 24.5 Å². The highest BCUT2D eigenvalue weighted by Crippen LogP contribution is 2.32. The maximum Gasteiger partial charge on any atom is 0.246 e. The van der Waals surface area contributed by atoms with Gasteiger partial charge in [0.1, 0.15) is 17.9 Å². The Morgan fingerprint density at radius 3 is 2.61 bits per heavy atom. The number of piperazine rings is 1. The number of rotatable bonds is 5. The minimum Gasteiger partial charge on any atom is -0.367 e. The minimum atomic E-state index is -3.55. The van der Waals surface area contributed by atoms with Gasteiger partial charge in [-0.15, -0.1) is 0 Å². The highest BCUT2D eigenvalue weighted by Gasteiger charge is 2.29. The van der Waals surface area contributed by atoms with Crippen molar-refractivity contribution in [2.75, 3.05) is 30.8 Å². The second kappa shape index (κ2) is 9.26. The summed E-state index contributed by atoms with van der Waals surface area (Å²) in [6.07, 6.45) is 7.09. The number of amides is 1. The molecule has 0 N–H and O–H groups in total. The fraction of sp³-hybridized carbons (Fsp3) is 0.292. The molecule has 1 amide bonds. The van der Waals surface area contributed by atoms with Crippen LogP contribution in [0, 0.1) is 5.82 Å². The lowest BCUT2D eigenvalue weighted by Gasteiger charge is -2.41. The van der Waals surface area contributed by atoms with Crippen LogP contribution in [0.2, 0.25) is 0 Å². The van der Waals surface area contributed by atoms with Crippen molar-refractivity contribution in [1.82, 2.24) is 29.4 Å². The molecule has 1 aliphatic heterocycles. The van der Waals surface area contributed by atoms with E-state index < -0.39 is 15.7 Å². The molecule has 36 heavy (non-hydrogen) atoms. The van der Waals surface area contributed by atoms with E-state index in [9.17, 15) is 17.6 Å². The molecule has 1 fully saturated rings. The van der Waals surface area contributed by atoms with Gasteiger partial charge in [0.05, 0.1) is 6.33 Å². The number of aromatic nitrogens is 5. The molecule has 1 saturated heterocycles. The lowest BCUT2D eigenvalue weighted by Crippen LogP contribution is -2.54. The molecule has 5 rings (SSSR count). The standard InChI is InChI=1S/C24H24FN7O3S/c1-16-13-30(8-9-32(16)22(33)14-31-15-29-20-4-3-7-26-23(20)31)21-6-5-18(25)10-19(21)17-11-27-24(28-12-17)36(2,34)35/h3-7,10-12,15-16H,8-9,13-14H2,1-2H3. The molecule has 0 saturated carbocycles. The van der Waals surface area contributed by atoms with E-state index in [0.717, 1.165) is 17.5 Å². The fourth-order valence-electron chi connectivity index (χ4n) is 4.46. The van der Waals surface area contributed by atoms with Crippen molar-refractivity contribution in [2.24, 2.45) is 0 Å². The maximum atomic E-state index is 14.2. The Hall–Kier alpha value is -3.93. The van der Waals surface area contributed by atoms with Gasteiger partial charge in [-0.05, 0) is 37.3 Å². The lowest BCUT2D eigenvalue weighted by molar-refractivity contribution is -0.134. The van der Waals surface area contributed by atoms with Crippen LogP contribution in [0.25, 0.3) is 22.3 Å². The Bertz CT molecular complexity index is 1540. The number of imidazole rings is 1. The van der Waals surface area contributed by atoms with Crippen LogP contribution in [0.4, 0.5) is 10.1 Å². The van der Waals surface area contributed by atoms with Crippen LogP contribution in [-0.2, 0) is 21.2 Å². The van der Waals surface area contributed by atoms with Crippen LogP contribution >= 0.6 is 0 Å². The number of halogens is 1. The molecule has 1 unspecified atom stereocenters. The number of pyridine rings is 1. The second-order valence-corrected chi connectivity index (χ2v) is 10.7.